The van der Waals surface area contributed by atoms with E-state index in [2.05, 4.69) is 10.3 Å². The van der Waals surface area contributed by atoms with Crippen LogP contribution in [0.1, 0.15) is 31.2 Å². The Labute approximate surface area is 118 Å². The molecule has 0 aliphatic rings. The van der Waals surface area contributed by atoms with Gasteiger partial charge in [-0.1, -0.05) is 6.07 Å². The summed E-state index contributed by atoms with van der Waals surface area (Å²) >= 11 is 0. The molecule has 1 aromatic rings. The number of carboxylic acids is 1. The van der Waals surface area contributed by atoms with E-state index in [0.717, 1.165) is 12.0 Å². The van der Waals surface area contributed by atoms with Crippen LogP contribution < -0.4 is 11.1 Å². The number of pyridine rings is 1. The van der Waals surface area contributed by atoms with E-state index in [0.29, 0.717) is 32.2 Å². The number of carbonyl (C=O) groups is 2. The summed E-state index contributed by atoms with van der Waals surface area (Å²) in [7, 11) is 0. The number of aliphatic carboxylic acids is 1. The number of amides is 1. The maximum Gasteiger partial charge on any atom is 0.320 e. The fourth-order valence-electron chi connectivity index (χ4n) is 1.73. The maximum absolute atomic E-state index is 11.6. The van der Waals surface area contributed by atoms with Crippen molar-refractivity contribution in [2.45, 2.75) is 38.1 Å². The second-order valence-corrected chi connectivity index (χ2v) is 4.65. The van der Waals surface area contributed by atoms with Gasteiger partial charge in [-0.3, -0.25) is 14.6 Å². The molecule has 0 aliphatic carbocycles. The Morgan fingerprint density at radius 2 is 2.20 bits per heavy atom. The average molecular weight is 279 g/mol. The molecule has 0 unspecified atom stereocenters. The normalized spacial score (nSPS) is 11.8. The smallest absolute Gasteiger partial charge is 0.320 e. The number of hydrogen-bond acceptors (Lipinski definition) is 4. The highest BCUT2D eigenvalue weighted by Gasteiger charge is 2.10. The fraction of sp³-hybridized carbons (Fsp3) is 0.500. The van der Waals surface area contributed by atoms with Crippen molar-refractivity contribution in [3.05, 3.63) is 30.1 Å². The zero-order chi connectivity index (χ0) is 14.8. The summed E-state index contributed by atoms with van der Waals surface area (Å²) in [6.07, 6.45) is 6.41. The van der Waals surface area contributed by atoms with E-state index in [-0.39, 0.29) is 5.91 Å². The summed E-state index contributed by atoms with van der Waals surface area (Å²) in [5.41, 5.74) is 6.41. The van der Waals surface area contributed by atoms with Gasteiger partial charge >= 0.3 is 5.97 Å². The van der Waals surface area contributed by atoms with Gasteiger partial charge in [0.15, 0.2) is 0 Å². The van der Waals surface area contributed by atoms with Crippen LogP contribution in [-0.4, -0.2) is 34.6 Å². The number of rotatable bonds is 9. The third kappa shape index (κ3) is 6.84. The SMILES string of the molecule is N[C@@H](CCCCNC(=O)CCc1cccnc1)C(=O)O. The molecule has 0 saturated carbocycles. The largest absolute Gasteiger partial charge is 0.480 e. The summed E-state index contributed by atoms with van der Waals surface area (Å²) in [5, 5.41) is 11.4. The molecule has 1 atom stereocenters. The molecule has 1 aromatic heterocycles. The van der Waals surface area contributed by atoms with Gasteiger partial charge in [0.1, 0.15) is 6.04 Å². The molecular weight excluding hydrogens is 258 g/mol. The number of aryl methyl sites for hydroxylation is 1. The highest BCUT2D eigenvalue weighted by atomic mass is 16.4. The Bertz CT molecular complexity index is 423. The lowest BCUT2D eigenvalue weighted by Crippen LogP contribution is -2.30. The molecule has 0 spiro atoms. The van der Waals surface area contributed by atoms with Crippen molar-refractivity contribution < 1.29 is 14.7 Å². The van der Waals surface area contributed by atoms with Crippen molar-refractivity contribution in [2.75, 3.05) is 6.54 Å². The van der Waals surface area contributed by atoms with Crippen LogP contribution in [-0.2, 0) is 16.0 Å². The summed E-state index contributed by atoms with van der Waals surface area (Å²) in [6.45, 7) is 0.554. The highest BCUT2D eigenvalue weighted by molar-refractivity contribution is 5.76. The average Bonchev–Trinajstić information content (AvgIpc) is 2.45. The lowest BCUT2D eigenvalue weighted by molar-refractivity contribution is -0.138. The van der Waals surface area contributed by atoms with Crippen molar-refractivity contribution in [2.24, 2.45) is 5.73 Å². The summed E-state index contributed by atoms with van der Waals surface area (Å²) in [6, 6.07) is 2.98. The number of hydrogen-bond donors (Lipinski definition) is 3. The number of unbranched alkanes of at least 4 members (excludes halogenated alkanes) is 1. The summed E-state index contributed by atoms with van der Waals surface area (Å²) in [4.78, 5) is 26.1. The predicted molar refractivity (Wildman–Crippen MR) is 75.0 cm³/mol. The number of aromatic nitrogens is 1. The third-order valence-electron chi connectivity index (χ3n) is 2.94. The monoisotopic (exact) mass is 279 g/mol. The molecule has 1 rings (SSSR count). The van der Waals surface area contributed by atoms with Gasteiger partial charge in [0, 0.05) is 25.4 Å². The topological polar surface area (TPSA) is 105 Å². The molecule has 6 nitrogen and oxygen atoms in total. The summed E-state index contributed by atoms with van der Waals surface area (Å²) < 4.78 is 0. The first kappa shape index (κ1) is 16.1. The number of nitrogens with one attached hydrogen (secondary N) is 1. The first-order valence-electron chi connectivity index (χ1n) is 6.73. The Morgan fingerprint density at radius 3 is 2.85 bits per heavy atom. The molecule has 0 radical (unpaired) electrons. The van der Waals surface area contributed by atoms with Crippen LogP contribution >= 0.6 is 0 Å². The maximum atomic E-state index is 11.6. The van der Waals surface area contributed by atoms with E-state index in [9.17, 15) is 9.59 Å². The van der Waals surface area contributed by atoms with Crippen molar-refractivity contribution in [1.82, 2.24) is 10.3 Å². The molecule has 4 N–H and O–H groups in total. The first-order valence-corrected chi connectivity index (χ1v) is 6.73. The second-order valence-electron chi connectivity index (χ2n) is 4.65. The molecule has 6 heteroatoms. The minimum absolute atomic E-state index is 0.00335. The highest BCUT2D eigenvalue weighted by Crippen LogP contribution is 2.01. The van der Waals surface area contributed by atoms with Gasteiger partial charge in [0.2, 0.25) is 5.91 Å². The van der Waals surface area contributed by atoms with E-state index in [4.69, 9.17) is 10.8 Å². The zero-order valence-corrected chi connectivity index (χ0v) is 11.4. The van der Waals surface area contributed by atoms with Gasteiger partial charge in [0.05, 0.1) is 0 Å². The van der Waals surface area contributed by atoms with E-state index in [1.807, 2.05) is 12.1 Å². The fourth-order valence-corrected chi connectivity index (χ4v) is 1.73. The molecule has 20 heavy (non-hydrogen) atoms. The molecule has 1 amide bonds. The Morgan fingerprint density at radius 1 is 1.40 bits per heavy atom. The predicted octanol–water partition coefficient (Wildman–Crippen LogP) is 0.713. The van der Waals surface area contributed by atoms with Gasteiger partial charge in [-0.2, -0.15) is 0 Å². The molecule has 1 heterocycles. The van der Waals surface area contributed by atoms with Crippen molar-refractivity contribution >= 4 is 11.9 Å². The van der Waals surface area contributed by atoms with Crippen LogP contribution in [0.2, 0.25) is 0 Å². The number of carboxylic acid groups (broad SMARTS) is 1. The van der Waals surface area contributed by atoms with Crippen LogP contribution in [0.25, 0.3) is 0 Å². The third-order valence-corrected chi connectivity index (χ3v) is 2.94. The molecular formula is C14H21N3O3. The van der Waals surface area contributed by atoms with E-state index in [1.54, 1.807) is 12.4 Å². The van der Waals surface area contributed by atoms with Crippen LogP contribution in [0, 0.1) is 0 Å². The van der Waals surface area contributed by atoms with Crippen LogP contribution in [0.3, 0.4) is 0 Å². The molecule has 0 saturated heterocycles. The van der Waals surface area contributed by atoms with Crippen LogP contribution in [0.15, 0.2) is 24.5 Å². The van der Waals surface area contributed by atoms with Crippen LogP contribution in [0.5, 0.6) is 0 Å². The standard InChI is InChI=1S/C14H21N3O3/c15-12(14(19)20)5-1-2-9-17-13(18)7-6-11-4-3-8-16-10-11/h3-4,8,10,12H,1-2,5-7,9,15H2,(H,17,18)(H,19,20)/t12-/m0/s1. The number of carbonyl (C=O) groups excluding carboxylic acids is 1. The lowest BCUT2D eigenvalue weighted by Gasteiger charge is -2.07. The number of nitrogens with zero attached hydrogens (tertiary/aromatic N) is 1. The number of nitrogens with two attached hydrogens (primary N) is 1. The minimum atomic E-state index is -0.981. The molecule has 110 valence electrons. The van der Waals surface area contributed by atoms with Crippen molar-refractivity contribution in [3.63, 3.8) is 0 Å². The first-order chi connectivity index (χ1) is 9.59. The molecule has 0 fully saturated rings. The molecule has 0 bridgehead atoms. The van der Waals surface area contributed by atoms with Gasteiger partial charge in [-0.05, 0) is 37.3 Å². The lowest BCUT2D eigenvalue weighted by atomic mass is 10.1. The zero-order valence-electron chi connectivity index (χ0n) is 11.4. The van der Waals surface area contributed by atoms with E-state index < -0.39 is 12.0 Å². The minimum Gasteiger partial charge on any atom is -0.480 e. The van der Waals surface area contributed by atoms with Gasteiger partial charge in [-0.15, -0.1) is 0 Å². The van der Waals surface area contributed by atoms with Crippen LogP contribution in [0.4, 0.5) is 0 Å². The van der Waals surface area contributed by atoms with Crippen molar-refractivity contribution in [3.8, 4) is 0 Å². The van der Waals surface area contributed by atoms with Gasteiger partial charge in [0.25, 0.3) is 0 Å². The summed E-state index contributed by atoms with van der Waals surface area (Å²) in [5.74, 6) is -0.984. The van der Waals surface area contributed by atoms with Gasteiger partial charge < -0.3 is 16.2 Å². The van der Waals surface area contributed by atoms with Crippen molar-refractivity contribution in [1.29, 1.82) is 0 Å². The quantitative estimate of drug-likeness (QED) is 0.577. The Hall–Kier alpha value is -1.95. The van der Waals surface area contributed by atoms with E-state index in [1.165, 1.54) is 0 Å². The Balaban J connectivity index is 2.05. The Kier molecular flexibility index (Phi) is 7.27. The molecule has 0 aliphatic heterocycles. The molecule has 0 aromatic carbocycles. The van der Waals surface area contributed by atoms with E-state index >= 15 is 0 Å². The second kappa shape index (κ2) is 9.03. The van der Waals surface area contributed by atoms with Gasteiger partial charge in [-0.25, -0.2) is 0 Å².